The average molecular weight is 1050 g/mol. The molecule has 1 aliphatic heterocycles. The van der Waals surface area contributed by atoms with E-state index in [0.29, 0.717) is 19.3 Å². The van der Waals surface area contributed by atoms with Gasteiger partial charge in [-0.1, -0.05) is 161 Å². The largest absolute Gasteiger partial charge is 0.481 e. The molecule has 1 aliphatic rings. The molecule has 2 unspecified atom stereocenters. The second-order valence-electron chi connectivity index (χ2n) is 18.9. The summed E-state index contributed by atoms with van der Waals surface area (Å²) in [7, 11) is -10.9. The van der Waals surface area contributed by atoms with E-state index in [-0.39, 0.29) is 24.4 Å². The van der Waals surface area contributed by atoms with Crippen LogP contribution in [0.1, 0.15) is 200 Å². The van der Waals surface area contributed by atoms with Gasteiger partial charge in [0.25, 0.3) is 0 Å². The lowest BCUT2D eigenvalue weighted by Crippen LogP contribution is -2.36. The van der Waals surface area contributed by atoms with Gasteiger partial charge in [0.15, 0.2) is 18.1 Å². The summed E-state index contributed by atoms with van der Waals surface area (Å²) in [6.07, 6.45) is 26.7. The molecule has 0 aliphatic carbocycles. The molecule has 1 aromatic heterocycles. The molecule has 6 N–H and O–H groups in total. The van der Waals surface area contributed by atoms with Gasteiger partial charge in [0.05, 0.1) is 13.2 Å². The maximum Gasteiger partial charge on any atom is 0.481 e. The van der Waals surface area contributed by atoms with Gasteiger partial charge in [0, 0.05) is 25.5 Å². The Kier molecular flexibility index (Phi) is 33.9. The number of nitrogen functional groups attached to an aromatic ring is 1. The fraction of sp³-hybridized carbons (Fsp3) is 0.780. The van der Waals surface area contributed by atoms with Crippen LogP contribution < -0.4 is 11.4 Å². The van der Waals surface area contributed by atoms with Gasteiger partial charge in [-0.2, -0.15) is 9.29 Å². The Morgan fingerprint density at radius 3 is 1.89 bits per heavy atom. The fourth-order valence-corrected chi connectivity index (χ4v) is 9.94. The van der Waals surface area contributed by atoms with Crippen LogP contribution in [-0.2, 0) is 51.1 Å². The highest BCUT2D eigenvalue weighted by Crippen LogP contribution is 2.60. The van der Waals surface area contributed by atoms with E-state index in [2.05, 4.69) is 30.1 Å². The van der Waals surface area contributed by atoms with Crippen molar-refractivity contribution in [3.8, 4) is 0 Å². The molecule has 1 fully saturated rings. The number of phosphoric acid groups is 2. The Hall–Kier alpha value is -3.09. The van der Waals surface area contributed by atoms with Gasteiger partial charge in [-0.15, -0.1) is 0 Å². The number of aromatic nitrogens is 2. The summed E-state index contributed by atoms with van der Waals surface area (Å²) in [6, 6.07) is 1.24. The Labute approximate surface area is 421 Å². The third-order valence-electron chi connectivity index (χ3n) is 11.9. The first-order valence-electron chi connectivity index (χ1n) is 26.2. The van der Waals surface area contributed by atoms with Crippen LogP contribution >= 0.6 is 15.6 Å². The van der Waals surface area contributed by atoms with Crippen LogP contribution in [0.2, 0.25) is 0 Å². The van der Waals surface area contributed by atoms with Crippen molar-refractivity contribution in [2.24, 2.45) is 5.92 Å². The number of hydrogen-bond donors (Lipinski definition) is 5. The van der Waals surface area contributed by atoms with Crippen LogP contribution in [0.4, 0.5) is 5.82 Å². The van der Waals surface area contributed by atoms with Crippen LogP contribution in [-0.4, -0.2) is 91.5 Å². The molecule has 2 rings (SSSR count). The lowest BCUT2D eigenvalue weighted by Gasteiger charge is -2.21. The summed E-state index contributed by atoms with van der Waals surface area (Å²) in [5, 5.41) is 20.9. The van der Waals surface area contributed by atoms with Gasteiger partial charge < -0.3 is 39.9 Å². The summed E-state index contributed by atoms with van der Waals surface area (Å²) in [4.78, 5) is 73.8. The number of anilines is 1. The number of esters is 2. The van der Waals surface area contributed by atoms with Gasteiger partial charge in [0.2, 0.25) is 0 Å². The van der Waals surface area contributed by atoms with E-state index < -0.39 is 83.7 Å². The summed E-state index contributed by atoms with van der Waals surface area (Å²) >= 11 is 0. The maximum absolute atomic E-state index is 12.9. The zero-order valence-corrected chi connectivity index (χ0v) is 44.5. The molecule has 71 heavy (non-hydrogen) atoms. The molecule has 0 amide bonds. The number of aliphatic hydroxyl groups is 2. The number of unbranched alkanes of at least 4 members (excludes halogenated alkanes) is 20. The quantitative estimate of drug-likeness (QED) is 0.0134. The number of ether oxygens (including phenoxy) is 3. The summed E-state index contributed by atoms with van der Waals surface area (Å²) in [6.45, 7) is 4.30. The van der Waals surface area contributed by atoms with E-state index in [1.807, 2.05) is 12.2 Å². The minimum Gasteiger partial charge on any atom is -0.462 e. The maximum atomic E-state index is 12.9. The number of nitrogens with zero attached hydrogens (tertiary/aromatic N) is 2. The number of allylic oxidation sites excluding steroid dienone is 4. The monoisotopic (exact) mass is 1050 g/mol. The first-order valence-corrected chi connectivity index (χ1v) is 29.2. The van der Waals surface area contributed by atoms with E-state index in [4.69, 9.17) is 29.0 Å². The Morgan fingerprint density at radius 1 is 0.746 bits per heavy atom. The number of nitrogens with two attached hydrogens (primary N) is 1. The van der Waals surface area contributed by atoms with E-state index in [0.717, 1.165) is 93.7 Å². The Balaban J connectivity index is 1.80. The lowest BCUT2D eigenvalue weighted by atomic mass is 10.0. The molecule has 21 heteroatoms. The lowest BCUT2D eigenvalue weighted by molar-refractivity contribution is -0.161. The SMILES string of the molecule is CCCCCC(=O)/C=C/C=C\CCCCCCCC(=O)O[C@H](COC(=O)CCCCCCCCCCCCCCCCC(C)C)COP(=O)(O)OP(=O)(O)OC[C@H]1O[C@@H](n2ccc(N)nc2=O)[C@H](O)[C@@H]1O. The molecular formula is C50H87N3O16P2. The van der Waals surface area contributed by atoms with E-state index in [9.17, 15) is 48.3 Å². The van der Waals surface area contributed by atoms with E-state index in [1.165, 1.54) is 70.3 Å². The van der Waals surface area contributed by atoms with Crippen molar-refractivity contribution in [1.29, 1.82) is 0 Å². The van der Waals surface area contributed by atoms with Gasteiger partial charge in [-0.25, -0.2) is 13.9 Å². The number of carbonyl (C=O) groups excluding carboxylic acids is 3. The van der Waals surface area contributed by atoms with Gasteiger partial charge >= 0.3 is 33.3 Å². The van der Waals surface area contributed by atoms with Gasteiger partial charge in [0.1, 0.15) is 30.7 Å². The molecule has 7 atom stereocenters. The molecule has 19 nitrogen and oxygen atoms in total. The van der Waals surface area contributed by atoms with E-state index >= 15 is 0 Å². The molecule has 408 valence electrons. The third-order valence-corrected chi connectivity index (χ3v) is 14.5. The number of rotatable bonds is 43. The molecule has 0 radical (unpaired) electrons. The summed E-state index contributed by atoms with van der Waals surface area (Å²) in [5.41, 5.74) is 4.58. The first kappa shape index (κ1) is 64.0. The number of aliphatic hydroxyl groups excluding tert-OH is 2. The van der Waals surface area contributed by atoms with Crippen molar-refractivity contribution in [1.82, 2.24) is 9.55 Å². The third kappa shape index (κ3) is 31.3. The molecule has 1 aromatic rings. The zero-order valence-electron chi connectivity index (χ0n) is 42.7. The zero-order chi connectivity index (χ0) is 52.3. The van der Waals surface area contributed by atoms with Crippen LogP contribution in [0.25, 0.3) is 0 Å². The van der Waals surface area contributed by atoms with Crippen LogP contribution in [0, 0.1) is 5.92 Å². The highest BCUT2D eigenvalue weighted by Gasteiger charge is 2.46. The normalized spacial score (nSPS) is 19.3. The van der Waals surface area contributed by atoms with E-state index in [1.54, 1.807) is 12.2 Å². The second-order valence-corrected chi connectivity index (χ2v) is 21.9. The molecule has 0 bridgehead atoms. The fourth-order valence-electron chi connectivity index (χ4n) is 7.83. The average Bonchev–Trinajstić information content (AvgIpc) is 3.59. The first-order chi connectivity index (χ1) is 33.9. The van der Waals surface area contributed by atoms with Crippen molar-refractivity contribution >= 4 is 39.2 Å². The minimum atomic E-state index is -5.44. The Bertz CT molecular complexity index is 1860. The highest BCUT2D eigenvalue weighted by molar-refractivity contribution is 7.61. The number of ketones is 1. The minimum absolute atomic E-state index is 0.00119. The molecule has 0 aromatic carbocycles. The molecular weight excluding hydrogens is 961 g/mol. The predicted octanol–water partition coefficient (Wildman–Crippen LogP) is 10.0. The van der Waals surface area contributed by atoms with Gasteiger partial charge in [-0.3, -0.25) is 28.0 Å². The van der Waals surface area contributed by atoms with Crippen molar-refractivity contribution in [2.45, 2.75) is 225 Å². The molecule has 2 heterocycles. The van der Waals surface area contributed by atoms with Crippen LogP contribution in [0.15, 0.2) is 41.4 Å². The molecule has 0 saturated carbocycles. The van der Waals surface area contributed by atoms with Crippen LogP contribution in [0.3, 0.4) is 0 Å². The van der Waals surface area contributed by atoms with Crippen molar-refractivity contribution in [2.75, 3.05) is 25.6 Å². The number of phosphoric ester groups is 2. The summed E-state index contributed by atoms with van der Waals surface area (Å²) < 4.78 is 56.8. The highest BCUT2D eigenvalue weighted by atomic mass is 31.3. The molecule has 0 spiro atoms. The topological polar surface area (TPSA) is 283 Å². The van der Waals surface area contributed by atoms with Crippen molar-refractivity contribution < 1.29 is 71.1 Å². The van der Waals surface area contributed by atoms with Gasteiger partial charge in [-0.05, 0) is 50.2 Å². The summed E-state index contributed by atoms with van der Waals surface area (Å²) in [5.74, 6) is -0.434. The number of hydrogen-bond acceptors (Lipinski definition) is 16. The van der Waals surface area contributed by atoms with Crippen LogP contribution in [0.5, 0.6) is 0 Å². The standard InChI is InChI=1S/C50H87N3O16P2/c1-4-5-25-31-41(54)32-27-22-18-14-12-16-20-24-29-34-46(56)67-42(37-64-45(55)33-28-23-19-15-11-9-7-6-8-10-13-17-21-26-30-40(2)3)38-65-70(60,61)69-71(62,63)66-39-43-47(57)48(58)49(68-43)53-36-35-44(51)52-50(53)59/h18,22,27,32,35-36,40,42-43,47-49,57-58H,4-17,19-21,23-26,28-31,33-34,37-39H2,1-3H3,(H,60,61)(H,62,63)(H2,51,52,59)/b22-18-,32-27+/t42-,43-,47-,48-,49-/m1/s1. The number of carbonyl (C=O) groups is 3. The molecule has 1 saturated heterocycles. The smallest absolute Gasteiger partial charge is 0.462 e. The second kappa shape index (κ2) is 37.6. The van der Waals surface area contributed by atoms with Crippen molar-refractivity contribution in [3.05, 3.63) is 47.1 Å². The Morgan fingerprint density at radius 2 is 1.30 bits per heavy atom. The predicted molar refractivity (Wildman–Crippen MR) is 271 cm³/mol. The van der Waals surface area contributed by atoms with Crippen molar-refractivity contribution in [3.63, 3.8) is 0 Å².